The highest BCUT2D eigenvalue weighted by Gasteiger charge is 2.16. The minimum Gasteiger partial charge on any atom is -0.494 e. The van der Waals surface area contributed by atoms with Gasteiger partial charge in [-0.1, -0.05) is 12.1 Å². The van der Waals surface area contributed by atoms with Crippen LogP contribution in [-0.2, 0) is 6.54 Å². The van der Waals surface area contributed by atoms with Gasteiger partial charge in [-0.15, -0.1) is 0 Å². The molecule has 0 aliphatic heterocycles. The fraction of sp³-hybridized carbons (Fsp3) is 0.200. The summed E-state index contributed by atoms with van der Waals surface area (Å²) >= 11 is 0. The van der Waals surface area contributed by atoms with Crippen molar-refractivity contribution in [2.75, 3.05) is 6.61 Å². The van der Waals surface area contributed by atoms with E-state index in [0.29, 0.717) is 17.9 Å². The van der Waals surface area contributed by atoms with E-state index in [1.165, 1.54) is 6.20 Å². The van der Waals surface area contributed by atoms with Gasteiger partial charge in [0.1, 0.15) is 11.4 Å². The van der Waals surface area contributed by atoms with Gasteiger partial charge in [0.2, 0.25) is 0 Å². The van der Waals surface area contributed by atoms with Crippen LogP contribution in [0.4, 0.5) is 13.6 Å². The number of halogens is 2. The Labute approximate surface area is 160 Å². The quantitative estimate of drug-likeness (QED) is 0.662. The maximum absolute atomic E-state index is 14.4. The smallest absolute Gasteiger partial charge is 0.404 e. The Kier molecular flexibility index (Phi) is 5.58. The summed E-state index contributed by atoms with van der Waals surface area (Å²) in [5, 5.41) is 15.4. The number of nitrogens with one attached hydrogen (secondary N) is 1. The average Bonchev–Trinajstić information content (AvgIpc) is 3.10. The first-order chi connectivity index (χ1) is 13.4. The molecule has 0 atom stereocenters. The van der Waals surface area contributed by atoms with E-state index in [4.69, 9.17) is 9.84 Å². The van der Waals surface area contributed by atoms with Crippen molar-refractivity contribution in [2.45, 2.75) is 20.4 Å². The first-order valence-electron chi connectivity index (χ1n) is 8.63. The number of amides is 1. The molecule has 0 aliphatic rings. The van der Waals surface area contributed by atoms with Gasteiger partial charge in [0.05, 0.1) is 12.3 Å². The summed E-state index contributed by atoms with van der Waals surface area (Å²) in [5.41, 5.74) is 2.62. The van der Waals surface area contributed by atoms with Crippen LogP contribution in [0.25, 0.3) is 16.9 Å². The molecule has 1 amide bonds. The molecular weight excluding hydrogens is 368 g/mol. The van der Waals surface area contributed by atoms with Gasteiger partial charge in [-0.05, 0) is 37.1 Å². The van der Waals surface area contributed by atoms with Gasteiger partial charge in [0.15, 0.2) is 11.6 Å². The summed E-state index contributed by atoms with van der Waals surface area (Å²) < 4.78 is 35.0. The highest BCUT2D eigenvalue weighted by Crippen LogP contribution is 2.26. The molecule has 2 aromatic carbocycles. The molecule has 0 bridgehead atoms. The first-order valence-corrected chi connectivity index (χ1v) is 8.63. The summed E-state index contributed by atoms with van der Waals surface area (Å²) in [5.74, 6) is -1.45. The molecule has 0 saturated carbocycles. The molecule has 0 unspecified atom stereocenters. The van der Waals surface area contributed by atoms with Crippen molar-refractivity contribution in [1.29, 1.82) is 0 Å². The van der Waals surface area contributed by atoms with Gasteiger partial charge in [-0.3, -0.25) is 0 Å². The van der Waals surface area contributed by atoms with E-state index in [-0.39, 0.29) is 18.0 Å². The fourth-order valence-corrected chi connectivity index (χ4v) is 2.81. The highest BCUT2D eigenvalue weighted by atomic mass is 19.1. The Morgan fingerprint density at radius 2 is 1.93 bits per heavy atom. The van der Waals surface area contributed by atoms with E-state index in [1.54, 1.807) is 19.1 Å². The zero-order chi connectivity index (χ0) is 20.3. The number of rotatable bonds is 6. The molecule has 8 heteroatoms. The summed E-state index contributed by atoms with van der Waals surface area (Å²) in [7, 11) is 0. The topological polar surface area (TPSA) is 76.4 Å². The van der Waals surface area contributed by atoms with Crippen LogP contribution >= 0.6 is 0 Å². The summed E-state index contributed by atoms with van der Waals surface area (Å²) in [6.45, 7) is 4.05. The second-order valence-corrected chi connectivity index (χ2v) is 6.11. The fourth-order valence-electron chi connectivity index (χ4n) is 2.81. The molecule has 2 N–H and O–H groups in total. The number of aromatic nitrogens is 2. The van der Waals surface area contributed by atoms with Gasteiger partial charge in [0.25, 0.3) is 0 Å². The summed E-state index contributed by atoms with van der Waals surface area (Å²) in [6.07, 6.45) is 0.349. The molecule has 0 spiro atoms. The molecule has 3 rings (SSSR count). The van der Waals surface area contributed by atoms with Crippen LogP contribution in [0.3, 0.4) is 0 Å². The normalized spacial score (nSPS) is 10.7. The molecular formula is C20H19F2N3O3. The van der Waals surface area contributed by atoms with E-state index in [1.807, 2.05) is 19.1 Å². The van der Waals surface area contributed by atoms with Gasteiger partial charge in [0, 0.05) is 30.4 Å². The SMILES string of the molecule is CCOc1cc(F)c(-n2ccc(-c3ccc(C)c(CNC(=O)O)c3)n2)c(F)c1. The zero-order valence-electron chi connectivity index (χ0n) is 15.4. The molecule has 3 aromatic rings. The number of hydrogen-bond donors (Lipinski definition) is 2. The number of carboxylic acid groups (broad SMARTS) is 1. The number of hydrogen-bond acceptors (Lipinski definition) is 3. The lowest BCUT2D eigenvalue weighted by Crippen LogP contribution is -2.20. The molecule has 28 heavy (non-hydrogen) atoms. The predicted octanol–water partition coefficient (Wildman–Crippen LogP) is 4.29. The molecule has 0 fully saturated rings. The van der Waals surface area contributed by atoms with Crippen LogP contribution in [-0.4, -0.2) is 27.6 Å². The van der Waals surface area contributed by atoms with Gasteiger partial charge >= 0.3 is 6.09 Å². The summed E-state index contributed by atoms with van der Waals surface area (Å²) in [6, 6.07) is 9.31. The lowest BCUT2D eigenvalue weighted by Gasteiger charge is -2.09. The van der Waals surface area contributed by atoms with Crippen molar-refractivity contribution in [3.05, 3.63) is 65.4 Å². The third-order valence-corrected chi connectivity index (χ3v) is 4.19. The van der Waals surface area contributed by atoms with Gasteiger partial charge in [-0.2, -0.15) is 5.10 Å². The van der Waals surface area contributed by atoms with Crippen LogP contribution in [0.5, 0.6) is 5.75 Å². The Hall–Kier alpha value is -3.42. The van der Waals surface area contributed by atoms with E-state index in [2.05, 4.69) is 10.4 Å². The third kappa shape index (κ3) is 4.11. The Balaban J connectivity index is 1.93. The first kappa shape index (κ1) is 19.3. The van der Waals surface area contributed by atoms with E-state index >= 15 is 0 Å². The Morgan fingerprint density at radius 1 is 1.21 bits per heavy atom. The van der Waals surface area contributed by atoms with Crippen molar-refractivity contribution in [2.24, 2.45) is 0 Å². The van der Waals surface area contributed by atoms with Crippen molar-refractivity contribution in [3.63, 3.8) is 0 Å². The van der Waals surface area contributed by atoms with Crippen molar-refractivity contribution < 1.29 is 23.4 Å². The Morgan fingerprint density at radius 3 is 2.57 bits per heavy atom. The van der Waals surface area contributed by atoms with E-state index in [0.717, 1.165) is 27.9 Å². The number of ether oxygens (including phenoxy) is 1. The molecule has 1 heterocycles. The Bertz CT molecular complexity index is 995. The zero-order valence-corrected chi connectivity index (χ0v) is 15.4. The predicted molar refractivity (Wildman–Crippen MR) is 99.7 cm³/mol. The standard InChI is InChI=1S/C20H19F2N3O3/c1-3-28-15-9-16(21)19(17(22)10-15)25-7-6-18(24-25)13-5-4-12(2)14(8-13)11-23-20(26)27/h4-10,23H,3,11H2,1-2H3,(H,26,27). The van der Waals surface area contributed by atoms with Crippen LogP contribution in [0, 0.1) is 18.6 Å². The molecule has 0 radical (unpaired) electrons. The molecule has 6 nitrogen and oxygen atoms in total. The lowest BCUT2D eigenvalue weighted by molar-refractivity contribution is 0.194. The number of benzene rings is 2. The van der Waals surface area contributed by atoms with Gasteiger partial charge < -0.3 is 15.2 Å². The number of nitrogens with zero attached hydrogens (tertiary/aromatic N) is 2. The van der Waals surface area contributed by atoms with Gasteiger partial charge in [-0.25, -0.2) is 18.3 Å². The molecule has 146 valence electrons. The van der Waals surface area contributed by atoms with E-state index in [9.17, 15) is 13.6 Å². The monoisotopic (exact) mass is 387 g/mol. The maximum Gasteiger partial charge on any atom is 0.404 e. The highest BCUT2D eigenvalue weighted by molar-refractivity contribution is 5.65. The second-order valence-electron chi connectivity index (χ2n) is 6.11. The average molecular weight is 387 g/mol. The number of carbonyl (C=O) groups is 1. The minimum atomic E-state index is -1.12. The lowest BCUT2D eigenvalue weighted by atomic mass is 10.0. The largest absolute Gasteiger partial charge is 0.494 e. The molecule has 1 aromatic heterocycles. The summed E-state index contributed by atoms with van der Waals surface area (Å²) in [4.78, 5) is 10.7. The second kappa shape index (κ2) is 8.08. The van der Waals surface area contributed by atoms with E-state index < -0.39 is 17.7 Å². The molecule has 0 aliphatic carbocycles. The van der Waals surface area contributed by atoms with Crippen LogP contribution in [0.15, 0.2) is 42.6 Å². The maximum atomic E-state index is 14.4. The van der Waals surface area contributed by atoms with Crippen LogP contribution < -0.4 is 10.1 Å². The van der Waals surface area contributed by atoms with Crippen molar-refractivity contribution >= 4 is 6.09 Å². The van der Waals surface area contributed by atoms with Crippen molar-refractivity contribution in [3.8, 4) is 22.7 Å². The number of aryl methyl sites for hydroxylation is 1. The van der Waals surface area contributed by atoms with Crippen molar-refractivity contribution in [1.82, 2.24) is 15.1 Å². The van der Waals surface area contributed by atoms with Crippen LogP contribution in [0.1, 0.15) is 18.1 Å². The van der Waals surface area contributed by atoms with Crippen LogP contribution in [0.2, 0.25) is 0 Å². The molecule has 0 saturated heterocycles. The minimum absolute atomic E-state index is 0.114. The third-order valence-electron chi connectivity index (χ3n) is 4.19.